The van der Waals surface area contributed by atoms with Gasteiger partial charge in [0.2, 0.25) is 11.0 Å². The van der Waals surface area contributed by atoms with Gasteiger partial charge in [-0.15, -0.1) is 10.2 Å². The molecule has 0 fully saturated rings. The highest BCUT2D eigenvalue weighted by Crippen LogP contribution is 2.26. The molecule has 1 aromatic heterocycles. The molecular weight excluding hydrogens is 430 g/mol. The second-order valence-corrected chi connectivity index (χ2v) is 9.55. The Hall–Kier alpha value is -2.91. The summed E-state index contributed by atoms with van der Waals surface area (Å²) in [6.07, 6.45) is 0. The number of hydrogen-bond donors (Lipinski definition) is 3. The summed E-state index contributed by atoms with van der Waals surface area (Å²) in [5, 5.41) is 17.9. The molecule has 0 atom stereocenters. The molecule has 0 aliphatic carbocycles. The van der Waals surface area contributed by atoms with E-state index in [0.717, 1.165) is 17.2 Å². The van der Waals surface area contributed by atoms with E-state index in [9.17, 15) is 9.59 Å². The molecule has 0 aliphatic heterocycles. The van der Waals surface area contributed by atoms with Crippen LogP contribution in [0.1, 0.15) is 29.8 Å². The van der Waals surface area contributed by atoms with Gasteiger partial charge in [0.25, 0.3) is 5.91 Å². The lowest BCUT2D eigenvalue weighted by Crippen LogP contribution is -2.19. The molecule has 162 valence electrons. The maximum absolute atomic E-state index is 12.7. The molecule has 2 amide bonds. The van der Waals surface area contributed by atoms with Crippen LogP contribution in [0.4, 0.5) is 16.5 Å². The second-order valence-electron chi connectivity index (χ2n) is 7.35. The Morgan fingerprint density at radius 1 is 1.06 bits per heavy atom. The van der Waals surface area contributed by atoms with Crippen molar-refractivity contribution in [2.24, 2.45) is 5.92 Å². The zero-order chi connectivity index (χ0) is 22.2. The SMILES string of the molecule is Cc1cccc(NC(=O)c2ccccc2NC(=O)CSc2nnc(NCC(C)C)s2)c1. The fourth-order valence-electron chi connectivity index (χ4n) is 2.66. The van der Waals surface area contributed by atoms with Crippen LogP contribution in [0, 0.1) is 12.8 Å². The first-order valence-corrected chi connectivity index (χ1v) is 11.7. The standard InChI is InChI=1S/C22H25N5O2S2/c1-14(2)12-23-21-26-27-22(31-21)30-13-19(28)25-18-10-5-4-9-17(18)20(29)24-16-8-6-7-15(3)11-16/h4-11,14H,12-13H2,1-3H3,(H,23,26)(H,24,29)(H,25,28). The first-order chi connectivity index (χ1) is 14.9. The normalized spacial score (nSPS) is 10.7. The van der Waals surface area contributed by atoms with E-state index >= 15 is 0 Å². The fourth-order valence-corrected chi connectivity index (χ4v) is 4.21. The number of para-hydroxylation sites is 1. The average Bonchev–Trinajstić information content (AvgIpc) is 3.19. The summed E-state index contributed by atoms with van der Waals surface area (Å²) in [7, 11) is 0. The van der Waals surface area contributed by atoms with Crippen molar-refractivity contribution in [3.63, 3.8) is 0 Å². The van der Waals surface area contributed by atoms with E-state index in [1.165, 1.54) is 23.1 Å². The van der Waals surface area contributed by atoms with Gasteiger partial charge in [-0.05, 0) is 42.7 Å². The van der Waals surface area contributed by atoms with E-state index in [4.69, 9.17) is 0 Å². The Morgan fingerprint density at radius 3 is 2.65 bits per heavy atom. The van der Waals surface area contributed by atoms with Crippen LogP contribution in [0.2, 0.25) is 0 Å². The van der Waals surface area contributed by atoms with Crippen LogP contribution in [-0.4, -0.2) is 34.3 Å². The summed E-state index contributed by atoms with van der Waals surface area (Å²) in [5.41, 5.74) is 2.63. The summed E-state index contributed by atoms with van der Waals surface area (Å²) >= 11 is 2.73. The maximum atomic E-state index is 12.7. The van der Waals surface area contributed by atoms with Crippen molar-refractivity contribution in [2.45, 2.75) is 25.1 Å². The molecule has 9 heteroatoms. The highest BCUT2D eigenvalue weighted by molar-refractivity contribution is 8.01. The minimum atomic E-state index is -0.279. The van der Waals surface area contributed by atoms with Crippen molar-refractivity contribution in [1.29, 1.82) is 0 Å². The highest BCUT2D eigenvalue weighted by Gasteiger charge is 2.14. The van der Waals surface area contributed by atoms with Gasteiger partial charge < -0.3 is 16.0 Å². The van der Waals surface area contributed by atoms with Crippen molar-refractivity contribution in [1.82, 2.24) is 10.2 Å². The lowest BCUT2D eigenvalue weighted by Gasteiger charge is -2.11. The molecule has 1 heterocycles. The molecule has 0 saturated carbocycles. The summed E-state index contributed by atoms with van der Waals surface area (Å²) in [6, 6.07) is 14.5. The van der Waals surface area contributed by atoms with Crippen molar-refractivity contribution in [3.05, 3.63) is 59.7 Å². The minimum absolute atomic E-state index is 0.173. The molecule has 0 saturated heterocycles. The van der Waals surface area contributed by atoms with E-state index in [2.05, 4.69) is 40.0 Å². The van der Waals surface area contributed by atoms with Crippen LogP contribution in [0.5, 0.6) is 0 Å². The lowest BCUT2D eigenvalue weighted by molar-refractivity contribution is -0.113. The Morgan fingerprint density at radius 2 is 1.87 bits per heavy atom. The summed E-state index contributed by atoms with van der Waals surface area (Å²) < 4.78 is 0.715. The molecule has 31 heavy (non-hydrogen) atoms. The Bertz CT molecular complexity index is 1050. The third kappa shape index (κ3) is 7.08. The van der Waals surface area contributed by atoms with Crippen molar-refractivity contribution < 1.29 is 9.59 Å². The van der Waals surface area contributed by atoms with Gasteiger partial charge in [-0.1, -0.05) is 61.2 Å². The van der Waals surface area contributed by atoms with Crippen LogP contribution in [0.25, 0.3) is 0 Å². The minimum Gasteiger partial charge on any atom is -0.360 e. The van der Waals surface area contributed by atoms with E-state index in [1.807, 2.05) is 31.2 Å². The topological polar surface area (TPSA) is 96.0 Å². The van der Waals surface area contributed by atoms with Crippen molar-refractivity contribution >= 4 is 51.4 Å². The number of hydrogen-bond acceptors (Lipinski definition) is 7. The molecule has 2 aromatic carbocycles. The summed E-state index contributed by atoms with van der Waals surface area (Å²) in [6.45, 7) is 7.02. The molecule has 3 aromatic rings. The van der Waals surface area contributed by atoms with Gasteiger partial charge >= 0.3 is 0 Å². The number of nitrogens with one attached hydrogen (secondary N) is 3. The lowest BCUT2D eigenvalue weighted by atomic mass is 10.1. The van der Waals surface area contributed by atoms with Gasteiger partial charge in [-0.25, -0.2) is 0 Å². The molecule has 7 nitrogen and oxygen atoms in total. The Kier molecular flexibility index (Phi) is 8.02. The third-order valence-corrected chi connectivity index (χ3v) is 6.13. The molecule has 0 bridgehead atoms. The average molecular weight is 456 g/mol. The van der Waals surface area contributed by atoms with Crippen molar-refractivity contribution in [3.8, 4) is 0 Å². The van der Waals surface area contributed by atoms with Gasteiger partial charge in [0.05, 0.1) is 17.0 Å². The van der Waals surface area contributed by atoms with Crippen LogP contribution >= 0.6 is 23.1 Å². The first-order valence-electron chi connectivity index (χ1n) is 9.88. The van der Waals surface area contributed by atoms with Crippen LogP contribution in [-0.2, 0) is 4.79 Å². The zero-order valence-corrected chi connectivity index (χ0v) is 19.3. The van der Waals surface area contributed by atoms with Gasteiger partial charge in [0.1, 0.15) is 0 Å². The number of aryl methyl sites for hydroxylation is 1. The molecule has 0 radical (unpaired) electrons. The predicted molar refractivity (Wildman–Crippen MR) is 128 cm³/mol. The first kappa shape index (κ1) is 22.8. The largest absolute Gasteiger partial charge is 0.360 e. The molecular formula is C22H25N5O2S2. The van der Waals surface area contributed by atoms with Crippen LogP contribution in [0.3, 0.4) is 0 Å². The predicted octanol–water partition coefficient (Wildman–Crippen LogP) is 4.90. The number of rotatable bonds is 9. The number of carbonyl (C=O) groups is 2. The third-order valence-electron chi connectivity index (χ3n) is 4.12. The number of thioether (sulfide) groups is 1. The summed E-state index contributed by atoms with van der Waals surface area (Å²) in [5.74, 6) is 0.188. The van der Waals surface area contributed by atoms with Crippen molar-refractivity contribution in [2.75, 3.05) is 28.2 Å². The van der Waals surface area contributed by atoms with E-state index in [1.54, 1.807) is 24.3 Å². The van der Waals surface area contributed by atoms with Gasteiger partial charge in [0, 0.05) is 12.2 Å². The van der Waals surface area contributed by atoms with Crippen LogP contribution < -0.4 is 16.0 Å². The molecule has 3 rings (SSSR count). The zero-order valence-electron chi connectivity index (χ0n) is 17.6. The maximum Gasteiger partial charge on any atom is 0.257 e. The molecule has 0 unspecified atom stereocenters. The van der Waals surface area contributed by atoms with Gasteiger partial charge in [-0.3, -0.25) is 9.59 Å². The number of amides is 2. The quantitative estimate of drug-likeness (QED) is 0.397. The van der Waals surface area contributed by atoms with Gasteiger partial charge in [0.15, 0.2) is 4.34 Å². The smallest absolute Gasteiger partial charge is 0.257 e. The summed E-state index contributed by atoms with van der Waals surface area (Å²) in [4.78, 5) is 25.2. The monoisotopic (exact) mass is 455 g/mol. The number of aromatic nitrogens is 2. The van der Waals surface area contributed by atoms with E-state index in [0.29, 0.717) is 27.2 Å². The number of nitrogens with zero attached hydrogens (tertiary/aromatic N) is 2. The molecule has 0 spiro atoms. The number of anilines is 3. The fraction of sp³-hybridized carbons (Fsp3) is 0.273. The highest BCUT2D eigenvalue weighted by atomic mass is 32.2. The number of benzene rings is 2. The molecule has 3 N–H and O–H groups in total. The molecule has 0 aliphatic rings. The van der Waals surface area contributed by atoms with Gasteiger partial charge in [-0.2, -0.15) is 0 Å². The number of carbonyl (C=O) groups excluding carboxylic acids is 2. The van der Waals surface area contributed by atoms with E-state index < -0.39 is 0 Å². The Balaban J connectivity index is 1.57. The Labute approximate surface area is 190 Å². The van der Waals surface area contributed by atoms with Crippen LogP contribution in [0.15, 0.2) is 52.9 Å². The second kappa shape index (κ2) is 10.9. The van der Waals surface area contributed by atoms with E-state index in [-0.39, 0.29) is 17.6 Å².